The van der Waals surface area contributed by atoms with Crippen LogP contribution in [0.15, 0.2) is 36.4 Å². The van der Waals surface area contributed by atoms with Crippen LogP contribution in [-0.4, -0.2) is 0 Å². The van der Waals surface area contributed by atoms with Crippen molar-refractivity contribution in [1.82, 2.24) is 0 Å². The number of unbranched alkanes of at least 4 members (excludes halogenated alkanes) is 1. The lowest BCUT2D eigenvalue weighted by Crippen LogP contribution is -1.99. The molecule has 26 heavy (non-hydrogen) atoms. The lowest BCUT2D eigenvalue weighted by molar-refractivity contribution is 0.709. The van der Waals surface area contributed by atoms with E-state index >= 15 is 0 Å². The average molecular weight is 351 g/mol. The third kappa shape index (κ3) is 5.47. The first kappa shape index (κ1) is 20.7. The fourth-order valence-electron chi connectivity index (χ4n) is 3.85. The summed E-state index contributed by atoms with van der Waals surface area (Å²) >= 11 is 0. The van der Waals surface area contributed by atoms with E-state index in [1.54, 1.807) is 11.1 Å². The zero-order chi connectivity index (χ0) is 19.1. The van der Waals surface area contributed by atoms with E-state index in [9.17, 15) is 0 Å². The van der Waals surface area contributed by atoms with E-state index < -0.39 is 0 Å². The summed E-state index contributed by atoms with van der Waals surface area (Å²) in [5.41, 5.74) is 8.99. The Labute approximate surface area is 162 Å². The highest BCUT2D eigenvalue weighted by Gasteiger charge is 2.09. The second-order valence-electron chi connectivity index (χ2n) is 8.21. The monoisotopic (exact) mass is 350 g/mol. The summed E-state index contributed by atoms with van der Waals surface area (Å²) in [7, 11) is 0. The van der Waals surface area contributed by atoms with Gasteiger partial charge in [-0.1, -0.05) is 64.1 Å². The lowest BCUT2D eigenvalue weighted by atomic mass is 9.90. The van der Waals surface area contributed by atoms with Crippen molar-refractivity contribution in [2.75, 3.05) is 0 Å². The van der Waals surface area contributed by atoms with Crippen molar-refractivity contribution in [3.05, 3.63) is 69.8 Å². The van der Waals surface area contributed by atoms with Gasteiger partial charge in [-0.25, -0.2) is 0 Å². The molecule has 2 atom stereocenters. The van der Waals surface area contributed by atoms with Crippen LogP contribution >= 0.6 is 0 Å². The number of aryl methyl sites for hydroxylation is 4. The van der Waals surface area contributed by atoms with Crippen LogP contribution in [0.25, 0.3) is 0 Å². The molecule has 2 rings (SSSR count). The van der Waals surface area contributed by atoms with Gasteiger partial charge in [0.1, 0.15) is 0 Å². The van der Waals surface area contributed by atoms with Gasteiger partial charge in [0, 0.05) is 0 Å². The van der Waals surface area contributed by atoms with Crippen molar-refractivity contribution < 1.29 is 0 Å². The topological polar surface area (TPSA) is 0 Å². The Kier molecular flexibility index (Phi) is 7.94. The Balaban J connectivity index is 1.91. The Morgan fingerprint density at radius 2 is 1.04 bits per heavy atom. The summed E-state index contributed by atoms with van der Waals surface area (Å²) in [6, 6.07) is 14.2. The molecular formula is C26H38. The SMILES string of the molecule is CCC(C)c1cc(CCCCc2ccc(C)c(C(C)CC)c2)ccc1C. The van der Waals surface area contributed by atoms with Gasteiger partial charge in [0.2, 0.25) is 0 Å². The number of hydrogen-bond acceptors (Lipinski definition) is 0. The molecule has 0 spiro atoms. The minimum Gasteiger partial charge on any atom is -0.0648 e. The highest BCUT2D eigenvalue weighted by molar-refractivity contribution is 5.34. The fourth-order valence-corrected chi connectivity index (χ4v) is 3.85. The van der Waals surface area contributed by atoms with Crippen LogP contribution in [0.1, 0.15) is 98.6 Å². The van der Waals surface area contributed by atoms with Crippen molar-refractivity contribution in [1.29, 1.82) is 0 Å². The van der Waals surface area contributed by atoms with Crippen LogP contribution in [-0.2, 0) is 12.8 Å². The zero-order valence-electron chi connectivity index (χ0n) is 17.9. The fraction of sp³-hybridized carbons (Fsp3) is 0.538. The van der Waals surface area contributed by atoms with E-state index in [0.717, 1.165) is 0 Å². The quantitative estimate of drug-likeness (QED) is 0.403. The minimum absolute atomic E-state index is 0.668. The summed E-state index contributed by atoms with van der Waals surface area (Å²) in [6.07, 6.45) is 7.39. The van der Waals surface area contributed by atoms with Crippen molar-refractivity contribution in [3.63, 3.8) is 0 Å². The van der Waals surface area contributed by atoms with Crippen LogP contribution < -0.4 is 0 Å². The maximum atomic E-state index is 2.45. The standard InChI is InChI=1S/C26H38/c1-7-19(3)25-17-23(15-13-21(25)5)11-9-10-12-24-16-14-22(6)26(18-24)20(4)8-2/h13-20H,7-12H2,1-6H3. The van der Waals surface area contributed by atoms with Crippen LogP contribution in [0.5, 0.6) is 0 Å². The van der Waals surface area contributed by atoms with Gasteiger partial charge in [-0.3, -0.25) is 0 Å². The van der Waals surface area contributed by atoms with Crippen LogP contribution in [0.2, 0.25) is 0 Å². The maximum Gasteiger partial charge on any atom is -0.0190 e. The summed E-state index contributed by atoms with van der Waals surface area (Å²) in [5, 5.41) is 0. The molecule has 0 nitrogen and oxygen atoms in total. The first-order valence-corrected chi connectivity index (χ1v) is 10.6. The van der Waals surface area contributed by atoms with Crippen LogP contribution in [0.3, 0.4) is 0 Å². The van der Waals surface area contributed by atoms with Crippen molar-refractivity contribution >= 4 is 0 Å². The van der Waals surface area contributed by atoms with Crippen LogP contribution in [0.4, 0.5) is 0 Å². The number of rotatable bonds is 9. The minimum atomic E-state index is 0.668. The number of benzene rings is 2. The third-order valence-corrected chi connectivity index (χ3v) is 6.15. The molecular weight excluding hydrogens is 312 g/mol. The third-order valence-electron chi connectivity index (χ3n) is 6.15. The van der Waals surface area contributed by atoms with Crippen molar-refractivity contribution in [2.45, 2.75) is 91.9 Å². The molecule has 0 radical (unpaired) electrons. The number of hydrogen-bond donors (Lipinski definition) is 0. The molecule has 0 saturated heterocycles. The summed E-state index contributed by atoms with van der Waals surface area (Å²) in [6.45, 7) is 13.8. The largest absolute Gasteiger partial charge is 0.0648 e. The zero-order valence-corrected chi connectivity index (χ0v) is 17.9. The van der Waals surface area contributed by atoms with Crippen molar-refractivity contribution in [2.24, 2.45) is 0 Å². The summed E-state index contributed by atoms with van der Waals surface area (Å²) < 4.78 is 0. The normalized spacial score (nSPS) is 13.6. The summed E-state index contributed by atoms with van der Waals surface area (Å²) in [5.74, 6) is 1.34. The van der Waals surface area contributed by atoms with E-state index in [-0.39, 0.29) is 0 Å². The maximum absolute atomic E-state index is 2.45. The van der Waals surface area contributed by atoms with Gasteiger partial charge in [-0.2, -0.15) is 0 Å². The van der Waals surface area contributed by atoms with Gasteiger partial charge in [0.25, 0.3) is 0 Å². The molecule has 0 N–H and O–H groups in total. The second-order valence-corrected chi connectivity index (χ2v) is 8.21. The molecule has 0 amide bonds. The van der Waals surface area contributed by atoms with E-state index in [1.165, 1.54) is 60.8 Å². The molecule has 2 unspecified atom stereocenters. The Hall–Kier alpha value is -1.56. The van der Waals surface area contributed by atoms with Gasteiger partial charge in [-0.15, -0.1) is 0 Å². The second kappa shape index (κ2) is 9.95. The van der Waals surface area contributed by atoms with Crippen LogP contribution in [0, 0.1) is 13.8 Å². The van der Waals surface area contributed by atoms with Gasteiger partial charge in [0.05, 0.1) is 0 Å². The molecule has 0 bridgehead atoms. The Morgan fingerprint density at radius 1 is 0.654 bits per heavy atom. The molecule has 142 valence electrons. The van der Waals surface area contributed by atoms with Gasteiger partial charge < -0.3 is 0 Å². The highest BCUT2D eigenvalue weighted by atomic mass is 14.1. The lowest BCUT2D eigenvalue weighted by Gasteiger charge is -2.15. The molecule has 0 fully saturated rings. The predicted molar refractivity (Wildman–Crippen MR) is 116 cm³/mol. The molecule has 0 saturated carbocycles. The Morgan fingerprint density at radius 3 is 1.38 bits per heavy atom. The molecule has 0 aliphatic heterocycles. The average Bonchev–Trinajstić information content (AvgIpc) is 2.66. The van der Waals surface area contributed by atoms with E-state index in [0.29, 0.717) is 11.8 Å². The van der Waals surface area contributed by atoms with E-state index in [4.69, 9.17) is 0 Å². The molecule has 2 aromatic carbocycles. The summed E-state index contributed by atoms with van der Waals surface area (Å²) in [4.78, 5) is 0. The smallest absolute Gasteiger partial charge is 0.0190 e. The van der Waals surface area contributed by atoms with E-state index in [2.05, 4.69) is 77.9 Å². The molecule has 0 aliphatic carbocycles. The van der Waals surface area contributed by atoms with Gasteiger partial charge >= 0.3 is 0 Å². The van der Waals surface area contributed by atoms with Gasteiger partial charge in [0.15, 0.2) is 0 Å². The van der Waals surface area contributed by atoms with Crippen molar-refractivity contribution in [3.8, 4) is 0 Å². The van der Waals surface area contributed by atoms with E-state index in [1.807, 2.05) is 0 Å². The molecule has 0 heterocycles. The van der Waals surface area contributed by atoms with Gasteiger partial charge in [-0.05, 0) is 97.6 Å². The highest BCUT2D eigenvalue weighted by Crippen LogP contribution is 2.26. The predicted octanol–water partition coefficient (Wildman–Crippen LogP) is 7.90. The molecule has 2 aromatic rings. The molecule has 0 aliphatic rings. The first-order chi connectivity index (χ1) is 12.5. The molecule has 0 heteroatoms. The molecule has 0 aromatic heterocycles. The first-order valence-electron chi connectivity index (χ1n) is 10.6. The Bertz CT molecular complexity index is 634.